The van der Waals surface area contributed by atoms with Crippen molar-refractivity contribution in [2.24, 2.45) is 5.92 Å². The first-order chi connectivity index (χ1) is 14.9. The van der Waals surface area contributed by atoms with Gasteiger partial charge in [0.2, 0.25) is 11.8 Å². The molecule has 1 aliphatic rings. The summed E-state index contributed by atoms with van der Waals surface area (Å²) in [5, 5.41) is 0. The molecule has 0 unspecified atom stereocenters. The van der Waals surface area contributed by atoms with Gasteiger partial charge in [0.25, 0.3) is 0 Å². The molecule has 0 fully saturated rings. The van der Waals surface area contributed by atoms with E-state index in [1.165, 1.54) is 12.1 Å². The van der Waals surface area contributed by atoms with Crippen LogP contribution >= 0.6 is 0 Å². The third-order valence-electron chi connectivity index (χ3n) is 5.29. The SMILES string of the molecule is COc1ccc([C@H]2/C=C\CN(C(=O)CC(C)C)CC(=O)N2Cc2ccc(F)cc2)cc1. The predicted octanol–water partition coefficient (Wildman–Crippen LogP) is 4.35. The van der Waals surface area contributed by atoms with Crippen LogP contribution in [-0.4, -0.2) is 41.8 Å². The van der Waals surface area contributed by atoms with Crippen LogP contribution in [0.5, 0.6) is 5.75 Å². The van der Waals surface area contributed by atoms with Crippen molar-refractivity contribution in [3.05, 3.63) is 77.6 Å². The molecular formula is C25H29FN2O3. The van der Waals surface area contributed by atoms with Crippen molar-refractivity contribution in [2.75, 3.05) is 20.2 Å². The summed E-state index contributed by atoms with van der Waals surface area (Å²) in [6.07, 6.45) is 4.30. The third-order valence-corrected chi connectivity index (χ3v) is 5.29. The summed E-state index contributed by atoms with van der Waals surface area (Å²) in [4.78, 5) is 29.3. The molecule has 0 N–H and O–H groups in total. The van der Waals surface area contributed by atoms with Crippen LogP contribution in [0.3, 0.4) is 0 Å². The molecular weight excluding hydrogens is 395 g/mol. The first-order valence-electron chi connectivity index (χ1n) is 10.5. The fraction of sp³-hybridized carbons (Fsp3) is 0.360. The predicted molar refractivity (Wildman–Crippen MR) is 118 cm³/mol. The largest absolute Gasteiger partial charge is 0.497 e. The number of hydrogen-bond acceptors (Lipinski definition) is 3. The highest BCUT2D eigenvalue weighted by atomic mass is 19.1. The van der Waals surface area contributed by atoms with Gasteiger partial charge in [0.1, 0.15) is 18.1 Å². The maximum Gasteiger partial charge on any atom is 0.243 e. The summed E-state index contributed by atoms with van der Waals surface area (Å²) in [5.41, 5.74) is 1.76. The Kier molecular flexibility index (Phi) is 7.45. The average Bonchev–Trinajstić information content (AvgIpc) is 2.74. The minimum absolute atomic E-state index is 0.0176. The lowest BCUT2D eigenvalue weighted by Gasteiger charge is -2.35. The van der Waals surface area contributed by atoms with E-state index in [0.29, 0.717) is 19.5 Å². The molecule has 0 saturated heterocycles. The standard InChI is InChI=1S/C25H29FN2O3/c1-18(2)15-24(29)27-14-4-5-23(20-8-12-22(31-3)13-9-20)28(25(30)17-27)16-19-6-10-21(26)11-7-19/h4-13,18,23H,14-17H2,1-3H3/b5-4-/t23-/m1/s1. The number of rotatable bonds is 6. The molecule has 0 aromatic heterocycles. The van der Waals surface area contributed by atoms with Crippen LogP contribution in [0, 0.1) is 11.7 Å². The van der Waals surface area contributed by atoms with Gasteiger partial charge in [0, 0.05) is 19.5 Å². The third kappa shape index (κ3) is 5.94. The summed E-state index contributed by atoms with van der Waals surface area (Å²) >= 11 is 0. The van der Waals surface area contributed by atoms with Gasteiger partial charge in [-0.3, -0.25) is 9.59 Å². The zero-order valence-electron chi connectivity index (χ0n) is 18.3. The lowest BCUT2D eigenvalue weighted by molar-refractivity contribution is -0.142. The molecule has 1 heterocycles. The number of carbonyl (C=O) groups excluding carboxylic acids is 2. The Balaban J connectivity index is 1.92. The Morgan fingerprint density at radius 1 is 1.13 bits per heavy atom. The second-order valence-electron chi connectivity index (χ2n) is 8.17. The van der Waals surface area contributed by atoms with E-state index >= 15 is 0 Å². The molecule has 0 bridgehead atoms. The van der Waals surface area contributed by atoms with Gasteiger partial charge in [-0.2, -0.15) is 0 Å². The monoisotopic (exact) mass is 424 g/mol. The molecule has 1 atom stereocenters. The van der Waals surface area contributed by atoms with Crippen LogP contribution in [0.2, 0.25) is 0 Å². The van der Waals surface area contributed by atoms with Gasteiger partial charge in [-0.25, -0.2) is 4.39 Å². The van der Waals surface area contributed by atoms with Crippen LogP contribution in [0.4, 0.5) is 4.39 Å². The van der Waals surface area contributed by atoms with Crippen molar-refractivity contribution in [3.63, 3.8) is 0 Å². The summed E-state index contributed by atoms with van der Waals surface area (Å²) < 4.78 is 18.6. The van der Waals surface area contributed by atoms with E-state index in [1.54, 1.807) is 29.0 Å². The lowest BCUT2D eigenvalue weighted by Crippen LogP contribution is -2.45. The normalized spacial score (nSPS) is 18.0. The number of hydrogen-bond donors (Lipinski definition) is 0. The molecule has 5 nitrogen and oxygen atoms in total. The first-order valence-corrected chi connectivity index (χ1v) is 10.5. The van der Waals surface area contributed by atoms with Gasteiger partial charge in [-0.1, -0.05) is 50.3 Å². The van der Waals surface area contributed by atoms with Crippen molar-refractivity contribution in [3.8, 4) is 5.75 Å². The second-order valence-corrected chi connectivity index (χ2v) is 8.17. The Bertz CT molecular complexity index is 923. The Morgan fingerprint density at radius 3 is 2.42 bits per heavy atom. The fourth-order valence-electron chi connectivity index (χ4n) is 3.63. The van der Waals surface area contributed by atoms with E-state index in [-0.39, 0.29) is 36.1 Å². The van der Waals surface area contributed by atoms with Crippen LogP contribution in [0.1, 0.15) is 37.4 Å². The number of benzene rings is 2. The zero-order valence-corrected chi connectivity index (χ0v) is 18.3. The number of carbonyl (C=O) groups is 2. The number of ether oxygens (including phenoxy) is 1. The smallest absolute Gasteiger partial charge is 0.243 e. The van der Waals surface area contributed by atoms with Gasteiger partial charge in [0.05, 0.1) is 13.2 Å². The quantitative estimate of drug-likeness (QED) is 0.648. The van der Waals surface area contributed by atoms with Crippen molar-refractivity contribution >= 4 is 11.8 Å². The van der Waals surface area contributed by atoms with E-state index in [2.05, 4.69) is 0 Å². The van der Waals surface area contributed by atoms with Crippen LogP contribution < -0.4 is 4.74 Å². The van der Waals surface area contributed by atoms with Gasteiger partial charge in [0.15, 0.2) is 0 Å². The highest BCUT2D eigenvalue weighted by Crippen LogP contribution is 2.28. The lowest BCUT2D eigenvalue weighted by atomic mass is 10.0. The highest BCUT2D eigenvalue weighted by molar-refractivity contribution is 5.85. The van der Waals surface area contributed by atoms with E-state index in [9.17, 15) is 14.0 Å². The highest BCUT2D eigenvalue weighted by Gasteiger charge is 2.28. The van der Waals surface area contributed by atoms with Crippen molar-refractivity contribution in [1.82, 2.24) is 9.80 Å². The van der Waals surface area contributed by atoms with Crippen LogP contribution in [0.25, 0.3) is 0 Å². The minimum atomic E-state index is -0.320. The molecule has 1 aliphatic heterocycles. The summed E-state index contributed by atoms with van der Waals surface area (Å²) in [6.45, 7) is 4.70. The molecule has 0 saturated carbocycles. The Labute approximate surface area is 183 Å². The fourth-order valence-corrected chi connectivity index (χ4v) is 3.63. The van der Waals surface area contributed by atoms with E-state index in [1.807, 2.05) is 50.3 Å². The number of nitrogens with zero attached hydrogens (tertiary/aromatic N) is 2. The number of amides is 2. The van der Waals surface area contributed by atoms with E-state index < -0.39 is 0 Å². The van der Waals surface area contributed by atoms with Crippen molar-refractivity contribution < 1.29 is 18.7 Å². The first kappa shape index (κ1) is 22.5. The van der Waals surface area contributed by atoms with Gasteiger partial charge in [-0.15, -0.1) is 0 Å². The summed E-state index contributed by atoms with van der Waals surface area (Å²) in [7, 11) is 1.61. The average molecular weight is 425 g/mol. The molecule has 6 heteroatoms. The minimum Gasteiger partial charge on any atom is -0.497 e. The maximum atomic E-state index is 13.4. The molecule has 164 valence electrons. The molecule has 2 aromatic carbocycles. The molecule has 31 heavy (non-hydrogen) atoms. The summed E-state index contributed by atoms with van der Waals surface area (Å²) in [5.74, 6) is 0.462. The van der Waals surface area contributed by atoms with Crippen LogP contribution in [0.15, 0.2) is 60.7 Å². The molecule has 2 amide bonds. The topological polar surface area (TPSA) is 49.9 Å². The Hall–Kier alpha value is -3.15. The van der Waals surface area contributed by atoms with Crippen LogP contribution in [-0.2, 0) is 16.1 Å². The van der Waals surface area contributed by atoms with Gasteiger partial charge >= 0.3 is 0 Å². The van der Waals surface area contributed by atoms with E-state index in [4.69, 9.17) is 4.74 Å². The Morgan fingerprint density at radius 2 is 1.81 bits per heavy atom. The molecule has 3 rings (SSSR count). The van der Waals surface area contributed by atoms with Crippen molar-refractivity contribution in [1.29, 1.82) is 0 Å². The molecule has 0 radical (unpaired) electrons. The summed E-state index contributed by atoms with van der Waals surface area (Å²) in [6, 6.07) is 13.4. The maximum absolute atomic E-state index is 13.4. The van der Waals surface area contributed by atoms with Gasteiger partial charge < -0.3 is 14.5 Å². The molecule has 0 aliphatic carbocycles. The number of halogens is 1. The van der Waals surface area contributed by atoms with E-state index in [0.717, 1.165) is 16.9 Å². The molecule has 2 aromatic rings. The second kappa shape index (κ2) is 10.2. The zero-order chi connectivity index (χ0) is 22.4. The van der Waals surface area contributed by atoms with Gasteiger partial charge in [-0.05, 0) is 41.3 Å². The number of methoxy groups -OCH3 is 1. The van der Waals surface area contributed by atoms with Crippen molar-refractivity contribution in [2.45, 2.75) is 32.9 Å². The molecule has 0 spiro atoms.